The van der Waals surface area contributed by atoms with Gasteiger partial charge < -0.3 is 14.8 Å². The molecule has 0 aromatic rings. The Hall–Kier alpha value is -0.330. The molecule has 18 heavy (non-hydrogen) atoms. The normalized spacial score (nSPS) is 25.0. The lowest BCUT2D eigenvalue weighted by molar-refractivity contribution is -0.147. The molecule has 0 radical (unpaired) electrons. The van der Waals surface area contributed by atoms with Gasteiger partial charge in [0.15, 0.2) is 0 Å². The van der Waals surface area contributed by atoms with E-state index < -0.39 is 12.6 Å². The van der Waals surface area contributed by atoms with Crippen LogP contribution >= 0.6 is 0 Å². The first kappa shape index (κ1) is 15.7. The summed E-state index contributed by atoms with van der Waals surface area (Å²) in [6, 6.07) is 0.413. The summed E-state index contributed by atoms with van der Waals surface area (Å²) >= 11 is 0. The van der Waals surface area contributed by atoms with Crippen LogP contribution < -0.4 is 5.32 Å². The van der Waals surface area contributed by atoms with Gasteiger partial charge in [0, 0.05) is 12.6 Å². The van der Waals surface area contributed by atoms with E-state index in [1.807, 2.05) is 0 Å². The molecule has 0 spiro atoms. The Morgan fingerprint density at radius 3 is 2.56 bits per heavy atom. The van der Waals surface area contributed by atoms with Crippen LogP contribution in [0.5, 0.6) is 0 Å². The lowest BCUT2D eigenvalue weighted by atomic mass is 10.2. The molecule has 1 fully saturated rings. The van der Waals surface area contributed by atoms with Gasteiger partial charge in [-0.1, -0.05) is 13.8 Å². The van der Waals surface area contributed by atoms with Crippen LogP contribution in [0.3, 0.4) is 0 Å². The Morgan fingerprint density at radius 1 is 1.28 bits per heavy atom. The van der Waals surface area contributed by atoms with Crippen LogP contribution in [0.1, 0.15) is 33.1 Å². The molecule has 0 bridgehead atoms. The minimum absolute atomic E-state index is 0.0582. The van der Waals surface area contributed by atoms with E-state index in [-0.39, 0.29) is 25.4 Å². The first-order valence-electron chi connectivity index (χ1n) is 6.40. The largest absolute Gasteiger partial charge is 0.391 e. The number of rotatable bonds is 7. The molecule has 6 heteroatoms. The van der Waals surface area contributed by atoms with Gasteiger partial charge in [-0.3, -0.25) is 0 Å². The van der Waals surface area contributed by atoms with Gasteiger partial charge in [-0.2, -0.15) is 13.2 Å². The average molecular weight is 269 g/mol. The van der Waals surface area contributed by atoms with E-state index in [0.717, 1.165) is 19.4 Å². The van der Waals surface area contributed by atoms with Crippen LogP contribution in [0.4, 0.5) is 13.2 Å². The molecule has 0 amide bonds. The van der Waals surface area contributed by atoms with Crippen molar-refractivity contribution in [3.05, 3.63) is 0 Å². The minimum atomic E-state index is -4.14. The van der Waals surface area contributed by atoms with Gasteiger partial charge in [0.2, 0.25) is 0 Å². The molecule has 108 valence electrons. The SMILES string of the molecule is CC(C)NCC1CCC(COCCC(F)(F)F)O1. The van der Waals surface area contributed by atoms with Crippen LogP contribution in [-0.4, -0.2) is 44.2 Å². The monoisotopic (exact) mass is 269 g/mol. The fraction of sp³-hybridized carbons (Fsp3) is 1.00. The summed E-state index contributed by atoms with van der Waals surface area (Å²) in [7, 11) is 0. The summed E-state index contributed by atoms with van der Waals surface area (Å²) < 4.78 is 46.3. The Balaban J connectivity index is 2.04. The summed E-state index contributed by atoms with van der Waals surface area (Å²) in [6.45, 7) is 4.89. The van der Waals surface area contributed by atoms with Crippen molar-refractivity contribution in [3.8, 4) is 0 Å². The molecular formula is C12H22F3NO2. The van der Waals surface area contributed by atoms with Crippen molar-refractivity contribution in [2.75, 3.05) is 19.8 Å². The molecule has 2 unspecified atom stereocenters. The molecule has 1 aliphatic rings. The van der Waals surface area contributed by atoms with E-state index in [4.69, 9.17) is 9.47 Å². The number of hydrogen-bond acceptors (Lipinski definition) is 3. The average Bonchev–Trinajstić information content (AvgIpc) is 2.68. The summed E-state index contributed by atoms with van der Waals surface area (Å²) in [5.41, 5.74) is 0. The predicted octanol–water partition coefficient (Wildman–Crippen LogP) is 2.50. The van der Waals surface area contributed by atoms with E-state index in [0.29, 0.717) is 6.04 Å². The maximum atomic E-state index is 11.9. The first-order valence-corrected chi connectivity index (χ1v) is 6.40. The molecule has 0 aromatic carbocycles. The van der Waals surface area contributed by atoms with Gasteiger partial charge in [-0.25, -0.2) is 0 Å². The molecule has 1 rings (SSSR count). The van der Waals surface area contributed by atoms with Crippen molar-refractivity contribution in [1.82, 2.24) is 5.32 Å². The summed E-state index contributed by atoms with van der Waals surface area (Å²) in [6.07, 6.45) is -3.14. The highest BCUT2D eigenvalue weighted by Crippen LogP contribution is 2.21. The summed E-state index contributed by atoms with van der Waals surface area (Å²) in [4.78, 5) is 0. The topological polar surface area (TPSA) is 30.5 Å². The van der Waals surface area contributed by atoms with Crippen LogP contribution in [0.15, 0.2) is 0 Å². The van der Waals surface area contributed by atoms with Crippen molar-refractivity contribution >= 4 is 0 Å². The Bertz CT molecular complexity index is 234. The van der Waals surface area contributed by atoms with Gasteiger partial charge in [0.05, 0.1) is 31.8 Å². The first-order chi connectivity index (χ1) is 8.37. The lowest BCUT2D eigenvalue weighted by Crippen LogP contribution is -2.32. The van der Waals surface area contributed by atoms with E-state index in [1.165, 1.54) is 0 Å². The van der Waals surface area contributed by atoms with E-state index in [2.05, 4.69) is 19.2 Å². The zero-order valence-electron chi connectivity index (χ0n) is 10.9. The molecule has 1 N–H and O–H groups in total. The van der Waals surface area contributed by atoms with Crippen LogP contribution in [0.2, 0.25) is 0 Å². The Labute approximate surface area is 106 Å². The predicted molar refractivity (Wildman–Crippen MR) is 62.5 cm³/mol. The van der Waals surface area contributed by atoms with Crippen molar-refractivity contribution in [2.45, 2.75) is 57.5 Å². The van der Waals surface area contributed by atoms with Gasteiger partial charge >= 0.3 is 6.18 Å². The van der Waals surface area contributed by atoms with Crippen molar-refractivity contribution < 1.29 is 22.6 Å². The van der Waals surface area contributed by atoms with E-state index in [9.17, 15) is 13.2 Å². The quantitative estimate of drug-likeness (QED) is 0.720. The third kappa shape index (κ3) is 7.18. The Morgan fingerprint density at radius 2 is 1.94 bits per heavy atom. The Kier molecular flexibility index (Phi) is 6.38. The van der Waals surface area contributed by atoms with Gasteiger partial charge in [0.1, 0.15) is 0 Å². The third-order valence-electron chi connectivity index (χ3n) is 2.78. The van der Waals surface area contributed by atoms with Gasteiger partial charge in [-0.15, -0.1) is 0 Å². The number of halogens is 3. The number of nitrogens with one attached hydrogen (secondary N) is 1. The maximum Gasteiger partial charge on any atom is 0.391 e. The van der Waals surface area contributed by atoms with Crippen molar-refractivity contribution in [1.29, 1.82) is 0 Å². The van der Waals surface area contributed by atoms with Crippen molar-refractivity contribution in [2.24, 2.45) is 0 Å². The van der Waals surface area contributed by atoms with E-state index in [1.54, 1.807) is 0 Å². The molecule has 3 nitrogen and oxygen atoms in total. The highest BCUT2D eigenvalue weighted by molar-refractivity contribution is 4.75. The summed E-state index contributed by atoms with van der Waals surface area (Å²) in [5, 5.41) is 3.28. The zero-order valence-corrected chi connectivity index (χ0v) is 10.9. The van der Waals surface area contributed by atoms with Crippen LogP contribution in [-0.2, 0) is 9.47 Å². The number of hydrogen-bond donors (Lipinski definition) is 1. The highest BCUT2D eigenvalue weighted by atomic mass is 19.4. The lowest BCUT2D eigenvalue weighted by Gasteiger charge is -2.16. The van der Waals surface area contributed by atoms with Crippen LogP contribution in [0.25, 0.3) is 0 Å². The second kappa shape index (κ2) is 7.31. The highest BCUT2D eigenvalue weighted by Gasteiger charge is 2.28. The van der Waals surface area contributed by atoms with Crippen molar-refractivity contribution in [3.63, 3.8) is 0 Å². The second-order valence-electron chi connectivity index (χ2n) is 4.96. The summed E-state index contributed by atoms with van der Waals surface area (Å²) in [5.74, 6) is 0. The molecule has 0 aromatic heterocycles. The molecule has 1 saturated heterocycles. The zero-order chi connectivity index (χ0) is 13.6. The fourth-order valence-electron chi connectivity index (χ4n) is 1.82. The van der Waals surface area contributed by atoms with E-state index >= 15 is 0 Å². The molecule has 0 aliphatic carbocycles. The molecular weight excluding hydrogens is 247 g/mol. The molecule has 0 saturated carbocycles. The smallest absolute Gasteiger partial charge is 0.378 e. The van der Waals surface area contributed by atoms with Gasteiger partial charge in [-0.05, 0) is 12.8 Å². The number of alkyl halides is 3. The van der Waals surface area contributed by atoms with Gasteiger partial charge in [0.25, 0.3) is 0 Å². The minimum Gasteiger partial charge on any atom is -0.378 e. The standard InChI is InChI=1S/C12H22F3NO2/c1-9(2)16-7-10-3-4-11(18-10)8-17-6-5-12(13,14)15/h9-11,16H,3-8H2,1-2H3. The number of ether oxygens (including phenoxy) is 2. The molecule has 1 aliphatic heterocycles. The molecule has 2 atom stereocenters. The second-order valence-corrected chi connectivity index (χ2v) is 4.96. The third-order valence-corrected chi connectivity index (χ3v) is 2.78. The molecule has 1 heterocycles. The van der Waals surface area contributed by atoms with Crippen LogP contribution in [0, 0.1) is 0 Å². The maximum absolute atomic E-state index is 11.9. The fourth-order valence-corrected chi connectivity index (χ4v) is 1.82.